The smallest absolute Gasteiger partial charge is 0.224 e. The zero-order chi connectivity index (χ0) is 12.1. The molecule has 16 heavy (non-hydrogen) atoms. The lowest BCUT2D eigenvalue weighted by Gasteiger charge is -2.15. The van der Waals surface area contributed by atoms with Crippen LogP contribution >= 0.6 is 0 Å². The van der Waals surface area contributed by atoms with Crippen LogP contribution in [0.5, 0.6) is 0 Å². The van der Waals surface area contributed by atoms with Crippen molar-refractivity contribution in [3.05, 3.63) is 17.5 Å². The molecule has 1 atom stereocenters. The molecule has 0 saturated heterocycles. The summed E-state index contributed by atoms with van der Waals surface area (Å²) in [5, 5.41) is 21.3. The second-order valence-corrected chi connectivity index (χ2v) is 4.02. The van der Waals surface area contributed by atoms with Crippen LogP contribution in [0.3, 0.4) is 0 Å². The van der Waals surface area contributed by atoms with Gasteiger partial charge in [0, 0.05) is 12.2 Å². The molecule has 0 radical (unpaired) electrons. The average molecular weight is 220 g/mol. The number of nitriles is 1. The van der Waals surface area contributed by atoms with Crippen molar-refractivity contribution < 1.29 is 5.11 Å². The van der Waals surface area contributed by atoms with Gasteiger partial charge in [-0.15, -0.1) is 0 Å². The van der Waals surface area contributed by atoms with Gasteiger partial charge in [-0.1, -0.05) is 13.8 Å². The highest BCUT2D eigenvalue weighted by atomic mass is 16.3. The highest BCUT2D eigenvalue weighted by Gasteiger charge is 2.09. The summed E-state index contributed by atoms with van der Waals surface area (Å²) in [6.07, 6.45) is -0.449. The number of nitrogens with one attached hydrogen (secondary N) is 1. The summed E-state index contributed by atoms with van der Waals surface area (Å²) in [6, 6.07) is 3.58. The van der Waals surface area contributed by atoms with Crippen molar-refractivity contribution >= 4 is 5.95 Å². The van der Waals surface area contributed by atoms with E-state index in [4.69, 9.17) is 5.26 Å². The van der Waals surface area contributed by atoms with Crippen LogP contribution in [0.4, 0.5) is 5.95 Å². The number of anilines is 1. The van der Waals surface area contributed by atoms with Crippen LogP contribution in [0.1, 0.15) is 25.2 Å². The molecule has 5 nitrogen and oxygen atoms in total. The first-order valence-corrected chi connectivity index (χ1v) is 5.20. The summed E-state index contributed by atoms with van der Waals surface area (Å²) in [5.41, 5.74) is 1.06. The van der Waals surface area contributed by atoms with Crippen molar-refractivity contribution in [1.29, 1.82) is 5.26 Å². The molecular formula is C11H16N4O. The maximum atomic E-state index is 9.60. The molecular weight excluding hydrogens is 204 g/mol. The van der Waals surface area contributed by atoms with E-state index in [-0.39, 0.29) is 5.92 Å². The number of hydrogen-bond acceptors (Lipinski definition) is 5. The van der Waals surface area contributed by atoms with Gasteiger partial charge in [0.05, 0.1) is 6.10 Å². The molecule has 0 bridgehead atoms. The summed E-state index contributed by atoms with van der Waals surface area (Å²) in [6.45, 7) is 6.05. The van der Waals surface area contributed by atoms with Crippen molar-refractivity contribution in [2.75, 3.05) is 11.9 Å². The minimum Gasteiger partial charge on any atom is -0.391 e. The van der Waals surface area contributed by atoms with Gasteiger partial charge in [0.1, 0.15) is 11.8 Å². The van der Waals surface area contributed by atoms with Crippen molar-refractivity contribution in [3.63, 3.8) is 0 Å². The standard InChI is InChI=1S/C11H16N4O/c1-7(2)10(16)6-13-11-14-8(3)4-9(5-12)15-11/h4,7,10,16H,6H2,1-3H3,(H,13,14,15). The normalized spacial score (nSPS) is 12.2. The summed E-state index contributed by atoms with van der Waals surface area (Å²) in [4.78, 5) is 8.12. The van der Waals surface area contributed by atoms with Crippen LogP contribution in [0.15, 0.2) is 6.07 Å². The maximum Gasteiger partial charge on any atom is 0.224 e. The number of rotatable bonds is 4. The molecule has 0 aliphatic carbocycles. The summed E-state index contributed by atoms with van der Waals surface area (Å²) >= 11 is 0. The Balaban J connectivity index is 2.68. The van der Waals surface area contributed by atoms with Crippen molar-refractivity contribution in [2.45, 2.75) is 26.9 Å². The van der Waals surface area contributed by atoms with Crippen LogP contribution in [0.25, 0.3) is 0 Å². The van der Waals surface area contributed by atoms with Crippen LogP contribution in [-0.4, -0.2) is 27.7 Å². The first kappa shape index (κ1) is 12.4. The van der Waals surface area contributed by atoms with Gasteiger partial charge in [0.2, 0.25) is 5.95 Å². The molecule has 1 unspecified atom stereocenters. The largest absolute Gasteiger partial charge is 0.391 e. The fraction of sp³-hybridized carbons (Fsp3) is 0.545. The lowest BCUT2D eigenvalue weighted by molar-refractivity contribution is 0.137. The molecule has 1 heterocycles. The molecule has 0 aliphatic heterocycles. The second kappa shape index (κ2) is 5.42. The van der Waals surface area contributed by atoms with Gasteiger partial charge in [-0.25, -0.2) is 9.97 Å². The molecule has 0 fully saturated rings. The van der Waals surface area contributed by atoms with Gasteiger partial charge in [-0.2, -0.15) is 5.26 Å². The molecule has 0 aromatic carbocycles. The molecule has 86 valence electrons. The van der Waals surface area contributed by atoms with E-state index in [9.17, 15) is 5.11 Å². The SMILES string of the molecule is Cc1cc(C#N)nc(NCC(O)C(C)C)n1. The Morgan fingerprint density at radius 2 is 2.19 bits per heavy atom. The van der Waals surface area contributed by atoms with Gasteiger partial charge in [0.25, 0.3) is 0 Å². The van der Waals surface area contributed by atoms with Gasteiger partial charge in [0.15, 0.2) is 0 Å². The van der Waals surface area contributed by atoms with E-state index in [1.165, 1.54) is 0 Å². The predicted molar refractivity (Wildman–Crippen MR) is 60.8 cm³/mol. The molecule has 0 aliphatic rings. The zero-order valence-electron chi connectivity index (χ0n) is 9.73. The number of aromatic nitrogens is 2. The van der Waals surface area contributed by atoms with E-state index < -0.39 is 6.10 Å². The predicted octanol–water partition coefficient (Wildman–Crippen LogP) is 1.09. The summed E-state index contributed by atoms with van der Waals surface area (Å²) < 4.78 is 0. The zero-order valence-corrected chi connectivity index (χ0v) is 9.73. The Morgan fingerprint density at radius 1 is 1.50 bits per heavy atom. The number of aliphatic hydroxyl groups excluding tert-OH is 1. The number of aryl methyl sites for hydroxylation is 1. The first-order valence-electron chi connectivity index (χ1n) is 5.20. The fourth-order valence-electron chi connectivity index (χ4n) is 1.14. The molecule has 1 rings (SSSR count). The van der Waals surface area contributed by atoms with E-state index in [0.29, 0.717) is 18.2 Å². The Kier molecular flexibility index (Phi) is 4.20. The Bertz CT molecular complexity index is 397. The quantitative estimate of drug-likeness (QED) is 0.793. The van der Waals surface area contributed by atoms with Crippen LogP contribution < -0.4 is 5.32 Å². The van der Waals surface area contributed by atoms with E-state index in [1.807, 2.05) is 19.9 Å². The molecule has 0 spiro atoms. The van der Waals surface area contributed by atoms with E-state index in [0.717, 1.165) is 5.69 Å². The van der Waals surface area contributed by atoms with Gasteiger partial charge < -0.3 is 10.4 Å². The minimum absolute atomic E-state index is 0.174. The second-order valence-electron chi connectivity index (χ2n) is 4.02. The molecule has 2 N–H and O–H groups in total. The Hall–Kier alpha value is -1.67. The van der Waals surface area contributed by atoms with E-state index >= 15 is 0 Å². The molecule has 1 aromatic rings. The highest BCUT2D eigenvalue weighted by molar-refractivity contribution is 5.32. The topological polar surface area (TPSA) is 81.8 Å². The lowest BCUT2D eigenvalue weighted by atomic mass is 10.1. The van der Waals surface area contributed by atoms with Crippen molar-refractivity contribution in [1.82, 2.24) is 9.97 Å². The number of nitrogens with zero attached hydrogens (tertiary/aromatic N) is 3. The van der Waals surface area contributed by atoms with E-state index in [2.05, 4.69) is 15.3 Å². The third kappa shape index (κ3) is 3.48. The summed E-state index contributed by atoms with van der Waals surface area (Å²) in [5.74, 6) is 0.559. The molecule has 0 saturated carbocycles. The summed E-state index contributed by atoms with van der Waals surface area (Å²) in [7, 11) is 0. The fourth-order valence-corrected chi connectivity index (χ4v) is 1.14. The highest BCUT2D eigenvalue weighted by Crippen LogP contribution is 2.06. The van der Waals surface area contributed by atoms with Gasteiger partial charge >= 0.3 is 0 Å². The lowest BCUT2D eigenvalue weighted by Crippen LogP contribution is -2.25. The maximum absolute atomic E-state index is 9.60. The average Bonchev–Trinajstić information content (AvgIpc) is 2.24. The minimum atomic E-state index is -0.449. The van der Waals surface area contributed by atoms with E-state index in [1.54, 1.807) is 13.0 Å². The van der Waals surface area contributed by atoms with Crippen molar-refractivity contribution in [3.8, 4) is 6.07 Å². The number of aliphatic hydroxyl groups is 1. The van der Waals surface area contributed by atoms with Crippen LogP contribution in [0, 0.1) is 24.2 Å². The van der Waals surface area contributed by atoms with Crippen LogP contribution in [-0.2, 0) is 0 Å². The Labute approximate surface area is 95.2 Å². The first-order chi connectivity index (χ1) is 7.52. The van der Waals surface area contributed by atoms with Gasteiger partial charge in [-0.05, 0) is 18.9 Å². The van der Waals surface area contributed by atoms with Gasteiger partial charge in [-0.3, -0.25) is 0 Å². The molecule has 0 amide bonds. The van der Waals surface area contributed by atoms with Crippen molar-refractivity contribution in [2.24, 2.45) is 5.92 Å². The van der Waals surface area contributed by atoms with Crippen LogP contribution in [0.2, 0.25) is 0 Å². The third-order valence-corrected chi connectivity index (χ3v) is 2.21. The molecule has 5 heteroatoms. The monoisotopic (exact) mass is 220 g/mol. The number of hydrogen-bond donors (Lipinski definition) is 2. The molecule has 1 aromatic heterocycles. The third-order valence-electron chi connectivity index (χ3n) is 2.21. The Morgan fingerprint density at radius 3 is 2.75 bits per heavy atom.